The van der Waals surface area contributed by atoms with E-state index in [1.165, 1.54) is 29.7 Å². The predicted molar refractivity (Wildman–Crippen MR) is 86.8 cm³/mol. The molecular weight excluding hydrogens is 302 g/mol. The van der Waals surface area contributed by atoms with Crippen LogP contribution in [-0.4, -0.2) is 32.8 Å². The van der Waals surface area contributed by atoms with Crippen LogP contribution in [0.4, 0.5) is 0 Å². The molecule has 7 heteroatoms. The van der Waals surface area contributed by atoms with E-state index >= 15 is 0 Å². The second-order valence-corrected chi connectivity index (χ2v) is 5.66. The Labute approximate surface area is 132 Å². The molecule has 0 aliphatic heterocycles. The Morgan fingerprint density at radius 1 is 1.23 bits per heavy atom. The van der Waals surface area contributed by atoms with Crippen molar-refractivity contribution in [2.45, 2.75) is 26.7 Å². The average molecular weight is 321 g/mol. The van der Waals surface area contributed by atoms with Gasteiger partial charge in [0.25, 0.3) is 0 Å². The summed E-state index contributed by atoms with van der Waals surface area (Å²) in [4.78, 5) is 5.28. The topological polar surface area (TPSA) is 90.3 Å². The molecule has 0 bridgehead atoms. The normalized spacial score (nSPS) is 12.4. The van der Waals surface area contributed by atoms with Gasteiger partial charge in [0, 0.05) is 17.5 Å². The van der Waals surface area contributed by atoms with Crippen LogP contribution >= 0.6 is 11.3 Å². The summed E-state index contributed by atoms with van der Waals surface area (Å²) in [5.74, 6) is -1.32. The molecule has 22 heavy (non-hydrogen) atoms. The van der Waals surface area contributed by atoms with Gasteiger partial charge in [-0.15, -0.1) is 11.3 Å². The first-order valence-corrected chi connectivity index (χ1v) is 7.88. The van der Waals surface area contributed by atoms with E-state index < -0.39 is 11.5 Å². The molecule has 2 aromatic rings. The van der Waals surface area contributed by atoms with E-state index in [0.29, 0.717) is 5.56 Å². The molecule has 0 unspecified atom stereocenters. The third-order valence-corrected chi connectivity index (χ3v) is 4.05. The number of hydrogen-bond donors (Lipinski definition) is 3. The number of unbranched alkanes of at least 4 members (excludes halogenated alkanes) is 1. The van der Waals surface area contributed by atoms with E-state index in [9.17, 15) is 15.3 Å². The summed E-state index contributed by atoms with van der Waals surface area (Å²) in [5.41, 5.74) is 1.24. The van der Waals surface area contributed by atoms with Crippen molar-refractivity contribution in [3.63, 3.8) is 0 Å². The summed E-state index contributed by atoms with van der Waals surface area (Å²) in [6.45, 7) is 4.78. The van der Waals surface area contributed by atoms with Crippen LogP contribution in [0.3, 0.4) is 0 Å². The largest absolute Gasteiger partial charge is 0.504 e. The highest BCUT2D eigenvalue weighted by atomic mass is 32.1. The Kier molecular flexibility index (Phi) is 5.21. The van der Waals surface area contributed by atoms with Gasteiger partial charge in [0.1, 0.15) is 0 Å². The van der Waals surface area contributed by atoms with Gasteiger partial charge in [0.15, 0.2) is 11.5 Å². The number of benzene rings is 1. The van der Waals surface area contributed by atoms with Gasteiger partial charge in [0.2, 0.25) is 10.6 Å². The minimum atomic E-state index is -0.552. The van der Waals surface area contributed by atoms with E-state index in [-0.39, 0.29) is 5.75 Å². The Bertz CT molecular complexity index is 747. The molecule has 0 atom stereocenters. The molecule has 3 N–H and O–H groups in total. The van der Waals surface area contributed by atoms with Crippen LogP contribution < -0.4 is 4.80 Å². The van der Waals surface area contributed by atoms with Gasteiger partial charge >= 0.3 is 0 Å². The molecule has 0 saturated carbocycles. The van der Waals surface area contributed by atoms with Crippen molar-refractivity contribution in [2.24, 2.45) is 10.1 Å². The highest BCUT2D eigenvalue weighted by Gasteiger charge is 2.09. The summed E-state index contributed by atoms with van der Waals surface area (Å²) in [6.07, 6.45) is 3.53. The number of phenolic OH excluding ortho intramolecular Hbond substituents is 3. The lowest BCUT2D eigenvalue weighted by molar-refractivity contribution is 0.367. The molecule has 0 aliphatic rings. The molecule has 118 valence electrons. The second-order valence-electron chi connectivity index (χ2n) is 4.82. The molecule has 0 radical (unpaired) electrons. The fourth-order valence-corrected chi connectivity index (χ4v) is 2.61. The van der Waals surface area contributed by atoms with Gasteiger partial charge in [-0.25, -0.2) is 4.68 Å². The van der Waals surface area contributed by atoms with Crippen molar-refractivity contribution >= 4 is 17.6 Å². The van der Waals surface area contributed by atoms with Crippen LogP contribution in [0.5, 0.6) is 17.2 Å². The van der Waals surface area contributed by atoms with Crippen LogP contribution in [0, 0.1) is 6.92 Å². The molecule has 6 nitrogen and oxygen atoms in total. The molecule has 0 spiro atoms. The van der Waals surface area contributed by atoms with Crippen molar-refractivity contribution in [3.05, 3.63) is 33.6 Å². The van der Waals surface area contributed by atoms with Crippen LogP contribution in [0.2, 0.25) is 0 Å². The molecular formula is C15H19N3O3S. The van der Waals surface area contributed by atoms with Crippen molar-refractivity contribution < 1.29 is 15.3 Å². The zero-order chi connectivity index (χ0) is 16.1. The lowest BCUT2D eigenvalue weighted by atomic mass is 10.2. The van der Waals surface area contributed by atoms with Crippen molar-refractivity contribution in [3.8, 4) is 17.2 Å². The number of aromatic nitrogens is 1. The van der Waals surface area contributed by atoms with Gasteiger partial charge in [-0.05, 0) is 25.5 Å². The first-order valence-electron chi connectivity index (χ1n) is 7.00. The third kappa shape index (κ3) is 3.48. The smallest absolute Gasteiger partial charge is 0.205 e. The molecule has 2 rings (SSSR count). The minimum absolute atomic E-state index is 0.313. The molecule has 0 saturated heterocycles. The quantitative estimate of drug-likeness (QED) is 0.449. The first-order chi connectivity index (χ1) is 10.5. The van der Waals surface area contributed by atoms with E-state index in [1.54, 1.807) is 4.68 Å². The minimum Gasteiger partial charge on any atom is -0.504 e. The fourth-order valence-electron chi connectivity index (χ4n) is 1.77. The standard InChI is InChI=1S/C15H19N3O3S/c1-3-4-7-16-15-18(10(2)9-22-15)17-8-11-5-6-12(19)14(21)13(11)20/h5-6,8-9,19-21H,3-4,7H2,1-2H3. The Hall–Kier alpha value is -2.28. The Morgan fingerprint density at radius 2 is 2.00 bits per heavy atom. The van der Waals surface area contributed by atoms with Crippen molar-refractivity contribution in [2.75, 3.05) is 6.54 Å². The number of thiazole rings is 1. The van der Waals surface area contributed by atoms with Gasteiger partial charge in [-0.3, -0.25) is 4.99 Å². The number of aromatic hydroxyl groups is 3. The van der Waals surface area contributed by atoms with Gasteiger partial charge in [-0.2, -0.15) is 5.10 Å². The lowest BCUT2D eigenvalue weighted by Gasteiger charge is -2.03. The summed E-state index contributed by atoms with van der Waals surface area (Å²) in [5, 5.41) is 34.9. The molecule has 0 amide bonds. The Balaban J connectivity index is 2.33. The maximum absolute atomic E-state index is 9.79. The molecule has 0 fully saturated rings. The summed E-state index contributed by atoms with van der Waals surface area (Å²) < 4.78 is 1.68. The van der Waals surface area contributed by atoms with Gasteiger partial charge in [0.05, 0.1) is 11.9 Å². The van der Waals surface area contributed by atoms with Crippen LogP contribution in [0.1, 0.15) is 31.0 Å². The summed E-state index contributed by atoms with van der Waals surface area (Å²) >= 11 is 1.50. The highest BCUT2D eigenvalue weighted by Crippen LogP contribution is 2.36. The predicted octanol–water partition coefficient (Wildman–Crippen LogP) is 2.56. The number of aryl methyl sites for hydroxylation is 1. The third-order valence-electron chi connectivity index (χ3n) is 3.08. The highest BCUT2D eigenvalue weighted by molar-refractivity contribution is 7.07. The molecule has 1 heterocycles. The zero-order valence-corrected chi connectivity index (χ0v) is 13.3. The van der Waals surface area contributed by atoms with Gasteiger partial charge < -0.3 is 15.3 Å². The Morgan fingerprint density at radius 3 is 2.73 bits per heavy atom. The summed E-state index contributed by atoms with van der Waals surface area (Å²) in [6, 6.07) is 2.78. The van der Waals surface area contributed by atoms with Crippen LogP contribution in [-0.2, 0) is 0 Å². The van der Waals surface area contributed by atoms with E-state index in [2.05, 4.69) is 17.0 Å². The number of rotatable bonds is 5. The molecule has 1 aromatic heterocycles. The lowest BCUT2D eigenvalue weighted by Crippen LogP contribution is -2.12. The van der Waals surface area contributed by atoms with E-state index in [0.717, 1.165) is 29.9 Å². The maximum atomic E-state index is 9.79. The SMILES string of the molecule is CCCCN=c1scc(C)n1N=Cc1ccc(O)c(O)c1O. The second kappa shape index (κ2) is 7.13. The van der Waals surface area contributed by atoms with E-state index in [4.69, 9.17) is 0 Å². The van der Waals surface area contributed by atoms with Gasteiger partial charge in [-0.1, -0.05) is 13.3 Å². The van der Waals surface area contributed by atoms with Crippen LogP contribution in [0.15, 0.2) is 27.6 Å². The number of nitrogens with zero attached hydrogens (tertiary/aromatic N) is 3. The maximum Gasteiger partial charge on any atom is 0.205 e. The average Bonchev–Trinajstić information content (AvgIpc) is 2.85. The van der Waals surface area contributed by atoms with Crippen molar-refractivity contribution in [1.29, 1.82) is 0 Å². The van der Waals surface area contributed by atoms with Crippen molar-refractivity contribution in [1.82, 2.24) is 4.68 Å². The number of phenols is 3. The first kappa shape index (κ1) is 16.1. The summed E-state index contributed by atoms with van der Waals surface area (Å²) in [7, 11) is 0. The van der Waals surface area contributed by atoms with Crippen LogP contribution in [0.25, 0.3) is 0 Å². The van der Waals surface area contributed by atoms with E-state index in [1.807, 2.05) is 12.3 Å². The molecule has 0 aliphatic carbocycles. The monoisotopic (exact) mass is 321 g/mol. The fraction of sp³-hybridized carbons (Fsp3) is 0.333. The molecule has 1 aromatic carbocycles. The zero-order valence-electron chi connectivity index (χ0n) is 12.5. The number of hydrogen-bond acceptors (Lipinski definition) is 6.